The second-order valence-electron chi connectivity index (χ2n) is 5.90. The van der Waals surface area contributed by atoms with E-state index < -0.39 is 5.63 Å². The third kappa shape index (κ3) is 2.77. The number of nitrogens with zero attached hydrogens (tertiary/aromatic N) is 2. The van der Waals surface area contributed by atoms with E-state index in [4.69, 9.17) is 9.15 Å². The van der Waals surface area contributed by atoms with Crippen LogP contribution in [0.3, 0.4) is 0 Å². The summed E-state index contributed by atoms with van der Waals surface area (Å²) in [6.45, 7) is 2.45. The lowest BCUT2D eigenvalue weighted by Crippen LogP contribution is -2.37. The van der Waals surface area contributed by atoms with E-state index in [1.165, 1.54) is 0 Å². The van der Waals surface area contributed by atoms with Crippen LogP contribution in [0.15, 0.2) is 57.7 Å². The first-order valence-electron chi connectivity index (χ1n) is 8.17. The zero-order valence-electron chi connectivity index (χ0n) is 13.6. The van der Waals surface area contributed by atoms with Gasteiger partial charge in [0.05, 0.1) is 18.9 Å². The molecule has 5 heteroatoms. The van der Waals surface area contributed by atoms with Crippen molar-refractivity contribution in [3.05, 3.63) is 64.5 Å². The number of benzene rings is 2. The normalized spacial score (nSPS) is 14.4. The summed E-state index contributed by atoms with van der Waals surface area (Å²) in [7, 11) is 0. The van der Waals surface area contributed by atoms with Gasteiger partial charge >= 0.3 is 5.63 Å². The highest BCUT2D eigenvalue weighted by atomic mass is 16.5. The Labute approximate surface area is 144 Å². The molecule has 1 saturated heterocycles. The van der Waals surface area contributed by atoms with Crippen LogP contribution < -0.4 is 10.5 Å². The lowest BCUT2D eigenvalue weighted by atomic mass is 10.0. The van der Waals surface area contributed by atoms with E-state index in [0.717, 1.165) is 16.3 Å². The predicted octanol–water partition coefficient (Wildman–Crippen LogP) is 3.17. The Morgan fingerprint density at radius 1 is 1.04 bits per heavy atom. The van der Waals surface area contributed by atoms with Crippen molar-refractivity contribution >= 4 is 16.5 Å². The van der Waals surface area contributed by atoms with Crippen molar-refractivity contribution in [2.24, 2.45) is 0 Å². The molecule has 2 aromatic carbocycles. The van der Waals surface area contributed by atoms with Gasteiger partial charge in [-0.25, -0.2) is 4.79 Å². The number of anilines is 1. The second kappa shape index (κ2) is 6.42. The van der Waals surface area contributed by atoms with Crippen molar-refractivity contribution in [2.45, 2.75) is 0 Å². The first-order chi connectivity index (χ1) is 12.3. The molecule has 2 heterocycles. The van der Waals surface area contributed by atoms with Crippen molar-refractivity contribution in [3.8, 4) is 17.4 Å². The molecular weight excluding hydrogens is 316 g/mol. The van der Waals surface area contributed by atoms with E-state index in [0.29, 0.717) is 37.8 Å². The Bertz CT molecular complexity index is 1020. The van der Waals surface area contributed by atoms with Crippen LogP contribution in [0.2, 0.25) is 0 Å². The highest BCUT2D eigenvalue weighted by Crippen LogP contribution is 2.31. The first kappa shape index (κ1) is 15.4. The third-order valence-corrected chi connectivity index (χ3v) is 4.45. The molecule has 5 nitrogen and oxygen atoms in total. The summed E-state index contributed by atoms with van der Waals surface area (Å²) in [6, 6.07) is 17.6. The number of fused-ring (bicyclic) bond motifs is 1. The zero-order chi connectivity index (χ0) is 17.2. The van der Waals surface area contributed by atoms with Gasteiger partial charge in [0, 0.05) is 24.7 Å². The number of ether oxygens (including phenoxy) is 1. The molecule has 25 heavy (non-hydrogen) atoms. The van der Waals surface area contributed by atoms with Crippen LogP contribution in [0.1, 0.15) is 5.56 Å². The minimum Gasteiger partial charge on any atom is -0.422 e. The summed E-state index contributed by atoms with van der Waals surface area (Å²) >= 11 is 0. The van der Waals surface area contributed by atoms with E-state index in [9.17, 15) is 10.1 Å². The average molecular weight is 332 g/mol. The molecule has 3 aromatic rings. The topological polar surface area (TPSA) is 66.5 Å². The van der Waals surface area contributed by atoms with E-state index in [1.54, 1.807) is 6.07 Å². The molecule has 0 aliphatic carbocycles. The number of hydrogen-bond acceptors (Lipinski definition) is 5. The molecule has 0 amide bonds. The van der Waals surface area contributed by atoms with Crippen molar-refractivity contribution < 1.29 is 9.15 Å². The van der Waals surface area contributed by atoms with Gasteiger partial charge in [-0.15, -0.1) is 0 Å². The molecule has 0 saturated carbocycles. The molecule has 0 N–H and O–H groups in total. The Balaban J connectivity index is 1.92. The molecule has 0 atom stereocenters. The fourth-order valence-electron chi connectivity index (χ4n) is 3.21. The highest BCUT2D eigenvalue weighted by Gasteiger charge is 2.20. The van der Waals surface area contributed by atoms with Crippen LogP contribution >= 0.6 is 0 Å². The summed E-state index contributed by atoms with van der Waals surface area (Å²) < 4.78 is 10.9. The van der Waals surface area contributed by atoms with Crippen LogP contribution in [-0.2, 0) is 4.74 Å². The molecule has 1 fully saturated rings. The summed E-state index contributed by atoms with van der Waals surface area (Å²) in [5.74, 6) is 0.474. The zero-order valence-corrected chi connectivity index (χ0v) is 13.6. The maximum atomic E-state index is 12.4. The molecular formula is C20H16N2O3. The summed E-state index contributed by atoms with van der Waals surface area (Å²) in [5, 5.41) is 11.5. The molecule has 4 rings (SSSR count). The van der Waals surface area contributed by atoms with Gasteiger partial charge in [0.1, 0.15) is 11.8 Å². The van der Waals surface area contributed by atoms with Crippen molar-refractivity contribution in [1.29, 1.82) is 5.26 Å². The Hall–Kier alpha value is -3.10. The van der Waals surface area contributed by atoms with Crippen molar-refractivity contribution in [2.75, 3.05) is 31.2 Å². The SMILES string of the molecule is N#Cc1c(N2CCOCC2)cc(-c2cccc3ccccc23)oc1=O. The van der Waals surface area contributed by atoms with Crippen molar-refractivity contribution in [1.82, 2.24) is 0 Å². The first-order valence-corrected chi connectivity index (χ1v) is 8.17. The molecule has 0 bridgehead atoms. The summed E-state index contributed by atoms with van der Waals surface area (Å²) in [4.78, 5) is 14.4. The fourth-order valence-corrected chi connectivity index (χ4v) is 3.21. The highest BCUT2D eigenvalue weighted by molar-refractivity contribution is 5.95. The van der Waals surface area contributed by atoms with Gasteiger partial charge in [-0.1, -0.05) is 42.5 Å². The van der Waals surface area contributed by atoms with E-state index in [2.05, 4.69) is 0 Å². The minimum atomic E-state index is -0.602. The van der Waals surface area contributed by atoms with Gasteiger partial charge in [-0.3, -0.25) is 0 Å². The van der Waals surface area contributed by atoms with E-state index >= 15 is 0 Å². The van der Waals surface area contributed by atoms with Gasteiger partial charge in [0.15, 0.2) is 5.56 Å². The van der Waals surface area contributed by atoms with E-state index in [-0.39, 0.29) is 5.56 Å². The van der Waals surface area contributed by atoms with Crippen LogP contribution in [0.5, 0.6) is 0 Å². The lowest BCUT2D eigenvalue weighted by molar-refractivity contribution is 0.122. The van der Waals surface area contributed by atoms with Gasteiger partial charge in [0.25, 0.3) is 0 Å². The molecule has 1 aromatic heterocycles. The van der Waals surface area contributed by atoms with Crippen LogP contribution in [-0.4, -0.2) is 26.3 Å². The Morgan fingerprint density at radius 3 is 2.60 bits per heavy atom. The maximum absolute atomic E-state index is 12.4. The summed E-state index contributed by atoms with van der Waals surface area (Å²) in [5.41, 5.74) is 0.902. The quantitative estimate of drug-likeness (QED) is 0.721. The summed E-state index contributed by atoms with van der Waals surface area (Å²) in [6.07, 6.45) is 0. The smallest absolute Gasteiger partial charge is 0.356 e. The molecule has 0 unspecified atom stereocenters. The Kier molecular flexibility index (Phi) is 3.96. The second-order valence-corrected chi connectivity index (χ2v) is 5.90. The number of rotatable bonds is 2. The van der Waals surface area contributed by atoms with Gasteiger partial charge in [0.2, 0.25) is 0 Å². The lowest BCUT2D eigenvalue weighted by Gasteiger charge is -2.29. The van der Waals surface area contributed by atoms with Crippen molar-refractivity contribution in [3.63, 3.8) is 0 Å². The number of morpholine rings is 1. The fraction of sp³-hybridized carbons (Fsp3) is 0.200. The molecule has 0 radical (unpaired) electrons. The van der Waals surface area contributed by atoms with Gasteiger partial charge < -0.3 is 14.1 Å². The van der Waals surface area contributed by atoms with Crippen LogP contribution in [0.25, 0.3) is 22.1 Å². The molecule has 124 valence electrons. The third-order valence-electron chi connectivity index (χ3n) is 4.45. The van der Waals surface area contributed by atoms with Gasteiger partial charge in [-0.05, 0) is 10.8 Å². The monoisotopic (exact) mass is 332 g/mol. The number of nitriles is 1. The predicted molar refractivity (Wildman–Crippen MR) is 95.7 cm³/mol. The molecule has 1 aliphatic heterocycles. The standard InChI is InChI=1S/C20H16N2O3/c21-13-17-18(22-8-10-24-11-9-22)12-19(25-20(17)23)16-7-3-5-14-4-1-2-6-15(14)16/h1-7,12H,8-11H2. The minimum absolute atomic E-state index is 0.0471. The largest absolute Gasteiger partial charge is 0.422 e. The van der Waals surface area contributed by atoms with Gasteiger partial charge in [-0.2, -0.15) is 5.26 Å². The van der Waals surface area contributed by atoms with Crippen LogP contribution in [0.4, 0.5) is 5.69 Å². The maximum Gasteiger partial charge on any atom is 0.356 e. The number of hydrogen-bond donors (Lipinski definition) is 0. The van der Waals surface area contributed by atoms with Crippen LogP contribution in [0, 0.1) is 11.3 Å². The molecule has 0 spiro atoms. The molecule has 1 aliphatic rings. The average Bonchev–Trinajstić information content (AvgIpc) is 2.67. The van der Waals surface area contributed by atoms with E-state index in [1.807, 2.05) is 53.4 Å². The Morgan fingerprint density at radius 2 is 1.80 bits per heavy atom.